The summed E-state index contributed by atoms with van der Waals surface area (Å²) >= 11 is 6.74. The molecule has 2 aromatic carbocycles. The van der Waals surface area contributed by atoms with Crippen molar-refractivity contribution in [2.45, 2.75) is 0 Å². The average molecular weight is 428 g/mol. The predicted molar refractivity (Wildman–Crippen MR) is 92.4 cm³/mol. The minimum atomic E-state index is -1.08. The zero-order valence-electron chi connectivity index (χ0n) is 11.3. The van der Waals surface area contributed by atoms with Gasteiger partial charge in [0, 0.05) is 14.6 Å². The summed E-state index contributed by atoms with van der Waals surface area (Å²) in [7, 11) is 0. The van der Waals surface area contributed by atoms with Crippen molar-refractivity contribution in [3.63, 3.8) is 0 Å². The Kier molecular flexibility index (Phi) is 5.57. The molecule has 0 saturated heterocycles. The number of para-hydroxylation sites is 1. The number of nitrogens with one attached hydrogen (secondary N) is 2. The molecule has 0 aliphatic carbocycles. The summed E-state index contributed by atoms with van der Waals surface area (Å²) in [5.41, 5.74) is 1.09. The highest BCUT2D eigenvalue weighted by Crippen LogP contribution is 2.26. The number of benzene rings is 2. The number of carboxylic acid groups (broad SMARTS) is 1. The summed E-state index contributed by atoms with van der Waals surface area (Å²) in [4.78, 5) is 23.0. The molecular weight excluding hydrogens is 416 g/mol. The molecule has 0 unspecified atom stereocenters. The molecule has 0 bridgehead atoms. The quantitative estimate of drug-likeness (QED) is 0.674. The van der Waals surface area contributed by atoms with E-state index in [0.29, 0.717) is 0 Å². The predicted octanol–water partition coefficient (Wildman–Crippen LogP) is 3.96. The molecule has 22 heavy (non-hydrogen) atoms. The molecule has 3 N–H and O–H groups in total. The van der Waals surface area contributed by atoms with Crippen LogP contribution in [-0.4, -0.2) is 23.5 Å². The molecule has 0 fully saturated rings. The van der Waals surface area contributed by atoms with Gasteiger partial charge in [-0.25, -0.2) is 4.79 Å². The second kappa shape index (κ2) is 7.42. The van der Waals surface area contributed by atoms with Crippen molar-refractivity contribution in [3.05, 3.63) is 57.0 Å². The SMILES string of the molecule is O=C(CNc1cc(Br)ccc1Br)Nc1ccccc1C(=O)O. The first kappa shape index (κ1) is 16.5. The number of anilines is 2. The van der Waals surface area contributed by atoms with Gasteiger partial charge in [0.15, 0.2) is 0 Å². The van der Waals surface area contributed by atoms with Gasteiger partial charge >= 0.3 is 5.97 Å². The van der Waals surface area contributed by atoms with Crippen LogP contribution >= 0.6 is 31.9 Å². The van der Waals surface area contributed by atoms with Gasteiger partial charge in [-0.2, -0.15) is 0 Å². The molecule has 0 spiro atoms. The molecule has 0 aliphatic heterocycles. The van der Waals surface area contributed by atoms with Crippen LogP contribution in [0.5, 0.6) is 0 Å². The molecule has 2 aromatic rings. The molecular formula is C15H12Br2N2O3. The third kappa shape index (κ3) is 4.32. The van der Waals surface area contributed by atoms with Crippen molar-refractivity contribution in [2.24, 2.45) is 0 Å². The summed E-state index contributed by atoms with van der Waals surface area (Å²) in [6.45, 7) is 0.0169. The Hall–Kier alpha value is -1.86. The minimum Gasteiger partial charge on any atom is -0.478 e. The molecule has 2 rings (SSSR count). The Morgan fingerprint density at radius 1 is 1.05 bits per heavy atom. The van der Waals surface area contributed by atoms with Gasteiger partial charge in [0.1, 0.15) is 0 Å². The van der Waals surface area contributed by atoms with Gasteiger partial charge in [-0.1, -0.05) is 28.1 Å². The molecule has 5 nitrogen and oxygen atoms in total. The Morgan fingerprint density at radius 3 is 2.50 bits per heavy atom. The maximum Gasteiger partial charge on any atom is 0.337 e. The largest absolute Gasteiger partial charge is 0.478 e. The van der Waals surface area contributed by atoms with Crippen LogP contribution in [0.25, 0.3) is 0 Å². The lowest BCUT2D eigenvalue weighted by Gasteiger charge is -2.11. The maximum atomic E-state index is 12.0. The fraction of sp³-hybridized carbons (Fsp3) is 0.0667. The lowest BCUT2D eigenvalue weighted by Crippen LogP contribution is -2.23. The maximum absolute atomic E-state index is 12.0. The highest BCUT2D eigenvalue weighted by atomic mass is 79.9. The minimum absolute atomic E-state index is 0.0169. The highest BCUT2D eigenvalue weighted by Gasteiger charge is 2.11. The first-order chi connectivity index (χ1) is 10.5. The number of carboxylic acids is 1. The van der Waals surface area contributed by atoms with E-state index in [0.717, 1.165) is 14.6 Å². The van der Waals surface area contributed by atoms with Crippen molar-refractivity contribution in [1.29, 1.82) is 0 Å². The van der Waals surface area contributed by atoms with Crippen LogP contribution in [0.4, 0.5) is 11.4 Å². The lowest BCUT2D eigenvalue weighted by atomic mass is 10.2. The third-order valence-corrected chi connectivity index (χ3v) is 3.98. The molecule has 0 aliphatic rings. The van der Waals surface area contributed by atoms with Gasteiger partial charge in [-0.15, -0.1) is 0 Å². The molecule has 0 saturated carbocycles. The Morgan fingerprint density at radius 2 is 1.77 bits per heavy atom. The average Bonchev–Trinajstić information content (AvgIpc) is 2.48. The van der Waals surface area contributed by atoms with E-state index in [1.165, 1.54) is 6.07 Å². The topological polar surface area (TPSA) is 78.4 Å². The van der Waals surface area contributed by atoms with E-state index in [1.807, 2.05) is 18.2 Å². The Labute approximate surface area is 144 Å². The second-order valence-electron chi connectivity index (χ2n) is 4.38. The van der Waals surface area contributed by atoms with Crippen molar-refractivity contribution in [1.82, 2.24) is 0 Å². The van der Waals surface area contributed by atoms with Crippen LogP contribution in [0.3, 0.4) is 0 Å². The lowest BCUT2D eigenvalue weighted by molar-refractivity contribution is -0.114. The zero-order valence-corrected chi connectivity index (χ0v) is 14.4. The Bertz CT molecular complexity index is 720. The summed E-state index contributed by atoms with van der Waals surface area (Å²) in [5, 5.41) is 14.6. The first-order valence-electron chi connectivity index (χ1n) is 6.28. The van der Waals surface area contributed by atoms with E-state index in [2.05, 4.69) is 42.5 Å². The number of carbonyl (C=O) groups is 2. The number of halogens is 2. The van der Waals surface area contributed by atoms with Crippen LogP contribution in [0.2, 0.25) is 0 Å². The van der Waals surface area contributed by atoms with Crippen LogP contribution in [0.15, 0.2) is 51.4 Å². The molecule has 114 valence electrons. The fourth-order valence-electron chi connectivity index (χ4n) is 1.78. The molecule has 0 atom stereocenters. The van der Waals surface area contributed by atoms with Gasteiger partial charge < -0.3 is 15.7 Å². The summed E-state index contributed by atoms with van der Waals surface area (Å²) in [6.07, 6.45) is 0. The first-order valence-corrected chi connectivity index (χ1v) is 7.87. The van der Waals surface area contributed by atoms with E-state index in [1.54, 1.807) is 18.2 Å². The van der Waals surface area contributed by atoms with Crippen molar-refractivity contribution in [2.75, 3.05) is 17.2 Å². The standard InChI is InChI=1S/C15H12Br2N2O3/c16-9-5-6-11(17)13(7-9)18-8-14(20)19-12-4-2-1-3-10(12)15(21)22/h1-7,18H,8H2,(H,19,20)(H,21,22). The number of hydrogen-bond donors (Lipinski definition) is 3. The molecule has 0 aromatic heterocycles. The normalized spacial score (nSPS) is 10.1. The summed E-state index contributed by atoms with van der Waals surface area (Å²) < 4.78 is 1.71. The smallest absolute Gasteiger partial charge is 0.337 e. The molecule has 1 amide bonds. The fourth-order valence-corrected chi connectivity index (χ4v) is 2.53. The van der Waals surface area contributed by atoms with E-state index in [4.69, 9.17) is 5.11 Å². The van der Waals surface area contributed by atoms with Crippen LogP contribution in [0.1, 0.15) is 10.4 Å². The third-order valence-electron chi connectivity index (χ3n) is 2.80. The number of carbonyl (C=O) groups excluding carboxylic acids is 1. The second-order valence-corrected chi connectivity index (χ2v) is 6.15. The highest BCUT2D eigenvalue weighted by molar-refractivity contribution is 9.11. The molecule has 0 radical (unpaired) electrons. The van der Waals surface area contributed by atoms with Crippen LogP contribution in [-0.2, 0) is 4.79 Å². The van der Waals surface area contributed by atoms with E-state index in [-0.39, 0.29) is 23.7 Å². The van der Waals surface area contributed by atoms with Gasteiger partial charge in [0.25, 0.3) is 0 Å². The number of rotatable bonds is 5. The van der Waals surface area contributed by atoms with Gasteiger partial charge in [-0.3, -0.25) is 4.79 Å². The molecule has 0 heterocycles. The Balaban J connectivity index is 2.02. The van der Waals surface area contributed by atoms with Gasteiger partial charge in [0.2, 0.25) is 5.91 Å². The van der Waals surface area contributed by atoms with Crippen molar-refractivity contribution in [3.8, 4) is 0 Å². The van der Waals surface area contributed by atoms with Crippen LogP contribution < -0.4 is 10.6 Å². The number of hydrogen-bond acceptors (Lipinski definition) is 3. The zero-order chi connectivity index (χ0) is 16.1. The van der Waals surface area contributed by atoms with E-state index in [9.17, 15) is 9.59 Å². The van der Waals surface area contributed by atoms with E-state index < -0.39 is 5.97 Å². The summed E-state index contributed by atoms with van der Waals surface area (Å²) in [5.74, 6) is -1.42. The number of aromatic carboxylic acids is 1. The van der Waals surface area contributed by atoms with E-state index >= 15 is 0 Å². The monoisotopic (exact) mass is 426 g/mol. The summed E-state index contributed by atoms with van der Waals surface area (Å²) in [6, 6.07) is 11.8. The van der Waals surface area contributed by atoms with Crippen molar-refractivity contribution < 1.29 is 14.7 Å². The van der Waals surface area contributed by atoms with Crippen molar-refractivity contribution >= 4 is 55.1 Å². The van der Waals surface area contributed by atoms with Gasteiger partial charge in [-0.05, 0) is 46.3 Å². The number of amides is 1. The van der Waals surface area contributed by atoms with Gasteiger partial charge in [0.05, 0.1) is 17.8 Å². The molecule has 7 heteroatoms. The van der Waals surface area contributed by atoms with Crippen LogP contribution in [0, 0.1) is 0 Å².